The molecule has 20 heavy (non-hydrogen) atoms. The number of aliphatic hydroxyl groups excluding tert-OH is 1. The Labute approximate surface area is 123 Å². The third kappa shape index (κ3) is 2.83. The zero-order valence-corrected chi connectivity index (χ0v) is 13.0. The van der Waals surface area contributed by atoms with Crippen molar-refractivity contribution in [3.63, 3.8) is 0 Å². The molecule has 0 aliphatic rings. The van der Waals surface area contributed by atoms with Gasteiger partial charge in [0.1, 0.15) is 11.5 Å². The van der Waals surface area contributed by atoms with E-state index in [1.54, 1.807) is 20.8 Å². The minimum Gasteiger partial charge on any atom is -0.496 e. The summed E-state index contributed by atoms with van der Waals surface area (Å²) in [5.74, 6) is 0.0230. The number of aliphatic hydroxyl groups is 1. The molecule has 0 amide bonds. The van der Waals surface area contributed by atoms with Gasteiger partial charge in [0.05, 0.1) is 25.8 Å². The third-order valence-corrected chi connectivity index (χ3v) is 3.51. The lowest BCUT2D eigenvalue weighted by Gasteiger charge is -2.21. The van der Waals surface area contributed by atoms with Gasteiger partial charge < -0.3 is 19.3 Å². The van der Waals surface area contributed by atoms with Crippen LogP contribution < -0.4 is 9.47 Å². The highest BCUT2D eigenvalue weighted by Gasteiger charge is 2.29. The summed E-state index contributed by atoms with van der Waals surface area (Å²) in [7, 11) is 2.92. The molecule has 1 N–H and O–H groups in total. The molecule has 1 aromatic carbocycles. The molecule has 1 unspecified atom stereocenters. The van der Waals surface area contributed by atoms with Crippen LogP contribution in [0.25, 0.3) is 0 Å². The van der Waals surface area contributed by atoms with Crippen LogP contribution in [0, 0.1) is 13.8 Å². The van der Waals surface area contributed by atoms with Crippen LogP contribution in [0.15, 0.2) is 0 Å². The largest absolute Gasteiger partial charge is 0.496 e. The summed E-state index contributed by atoms with van der Waals surface area (Å²) < 4.78 is 15.4. The van der Waals surface area contributed by atoms with Crippen molar-refractivity contribution in [2.75, 3.05) is 20.8 Å². The molecule has 0 aromatic heterocycles. The van der Waals surface area contributed by atoms with Crippen LogP contribution in [0.5, 0.6) is 11.5 Å². The fourth-order valence-corrected chi connectivity index (χ4v) is 2.41. The second-order valence-electron chi connectivity index (χ2n) is 4.20. The van der Waals surface area contributed by atoms with Crippen molar-refractivity contribution in [1.29, 1.82) is 0 Å². The number of halogens is 1. The van der Waals surface area contributed by atoms with E-state index in [-0.39, 0.29) is 6.61 Å². The summed E-state index contributed by atoms with van der Waals surface area (Å²) in [6, 6.07) is 0. The van der Waals surface area contributed by atoms with Crippen molar-refractivity contribution < 1.29 is 24.1 Å². The van der Waals surface area contributed by atoms with Gasteiger partial charge in [0.25, 0.3) is 0 Å². The molecule has 0 bridgehead atoms. The maximum Gasteiger partial charge on any atom is 0.339 e. The van der Waals surface area contributed by atoms with Gasteiger partial charge in [0.15, 0.2) is 6.10 Å². The Kier molecular flexibility index (Phi) is 5.65. The van der Waals surface area contributed by atoms with Gasteiger partial charge in [-0.15, -0.1) is 0 Å². The highest BCUT2D eigenvalue weighted by Crippen LogP contribution is 2.43. The number of rotatable bonds is 5. The lowest BCUT2D eigenvalue weighted by Crippen LogP contribution is -2.18. The number of benzene rings is 1. The molecule has 0 saturated carbocycles. The van der Waals surface area contributed by atoms with Crippen LogP contribution in [0.1, 0.15) is 29.7 Å². The van der Waals surface area contributed by atoms with Crippen LogP contribution in [0.2, 0.25) is 5.02 Å². The number of ether oxygens (including phenoxy) is 3. The number of carbonyl (C=O) groups excluding carboxylic acids is 1. The monoisotopic (exact) mass is 302 g/mol. The van der Waals surface area contributed by atoms with Gasteiger partial charge >= 0.3 is 5.97 Å². The number of hydrogen-bond donors (Lipinski definition) is 1. The molecule has 0 aliphatic heterocycles. The summed E-state index contributed by atoms with van der Waals surface area (Å²) in [4.78, 5) is 11.8. The van der Waals surface area contributed by atoms with Crippen molar-refractivity contribution in [2.24, 2.45) is 0 Å². The Morgan fingerprint density at radius 1 is 1.20 bits per heavy atom. The number of hydrogen-bond acceptors (Lipinski definition) is 5. The molecule has 0 fully saturated rings. The topological polar surface area (TPSA) is 65.0 Å². The van der Waals surface area contributed by atoms with Gasteiger partial charge in [-0.05, 0) is 20.8 Å². The van der Waals surface area contributed by atoms with Crippen LogP contribution in [0.4, 0.5) is 0 Å². The standard InChI is InChI=1S/C14H19ClO5/c1-6-20-14(17)11(16)9-7(2)13(19-5)10(15)8(3)12(9)18-4/h11,16H,6H2,1-5H3. The first-order valence-electron chi connectivity index (χ1n) is 6.15. The Bertz CT molecular complexity index is 513. The van der Waals surface area contributed by atoms with Gasteiger partial charge in [-0.2, -0.15) is 0 Å². The second-order valence-corrected chi connectivity index (χ2v) is 4.58. The zero-order chi connectivity index (χ0) is 15.4. The normalized spacial score (nSPS) is 11.9. The summed E-state index contributed by atoms with van der Waals surface area (Å²) in [5.41, 5.74) is 1.44. The fourth-order valence-electron chi connectivity index (χ4n) is 2.10. The predicted molar refractivity (Wildman–Crippen MR) is 75.6 cm³/mol. The molecule has 0 spiro atoms. The highest BCUT2D eigenvalue weighted by atomic mass is 35.5. The van der Waals surface area contributed by atoms with E-state index in [4.69, 9.17) is 25.8 Å². The Hall–Kier alpha value is -1.46. The quantitative estimate of drug-likeness (QED) is 0.847. The third-order valence-electron chi connectivity index (χ3n) is 3.05. The highest BCUT2D eigenvalue weighted by molar-refractivity contribution is 6.33. The Morgan fingerprint density at radius 2 is 1.75 bits per heavy atom. The van der Waals surface area contributed by atoms with Gasteiger partial charge in [0, 0.05) is 16.7 Å². The van der Waals surface area contributed by atoms with Gasteiger partial charge in [-0.3, -0.25) is 0 Å². The van der Waals surface area contributed by atoms with E-state index < -0.39 is 12.1 Å². The molecular weight excluding hydrogens is 284 g/mol. The molecule has 1 rings (SSSR count). The van der Waals surface area contributed by atoms with E-state index in [9.17, 15) is 9.90 Å². The molecule has 0 radical (unpaired) electrons. The summed E-state index contributed by atoms with van der Waals surface area (Å²) in [5, 5.41) is 10.6. The smallest absolute Gasteiger partial charge is 0.339 e. The Morgan fingerprint density at radius 3 is 2.20 bits per heavy atom. The molecule has 0 saturated heterocycles. The van der Waals surface area contributed by atoms with Gasteiger partial charge in [0.2, 0.25) is 0 Å². The first-order valence-corrected chi connectivity index (χ1v) is 6.53. The van der Waals surface area contributed by atoms with Crippen LogP contribution in [0.3, 0.4) is 0 Å². The average molecular weight is 303 g/mol. The summed E-state index contributed by atoms with van der Waals surface area (Å²) in [6.07, 6.45) is -1.45. The molecule has 6 heteroatoms. The van der Waals surface area contributed by atoms with Crippen molar-refractivity contribution in [1.82, 2.24) is 0 Å². The van der Waals surface area contributed by atoms with Crippen molar-refractivity contribution in [3.05, 3.63) is 21.7 Å². The minimum atomic E-state index is -1.45. The number of esters is 1. The minimum absolute atomic E-state index is 0.182. The molecule has 0 aliphatic carbocycles. The van der Waals surface area contributed by atoms with Crippen LogP contribution in [-0.2, 0) is 9.53 Å². The van der Waals surface area contributed by atoms with Gasteiger partial charge in [-0.25, -0.2) is 4.79 Å². The van der Waals surface area contributed by atoms with E-state index >= 15 is 0 Å². The average Bonchev–Trinajstić information content (AvgIpc) is 2.42. The molecule has 112 valence electrons. The van der Waals surface area contributed by atoms with E-state index in [0.29, 0.717) is 33.2 Å². The molecular formula is C14H19ClO5. The zero-order valence-electron chi connectivity index (χ0n) is 12.2. The van der Waals surface area contributed by atoms with E-state index in [0.717, 1.165) is 0 Å². The first-order chi connectivity index (χ1) is 9.40. The SMILES string of the molecule is CCOC(=O)C(O)c1c(C)c(OC)c(Cl)c(C)c1OC. The van der Waals surface area contributed by atoms with Crippen LogP contribution >= 0.6 is 11.6 Å². The fraction of sp³-hybridized carbons (Fsp3) is 0.500. The number of methoxy groups -OCH3 is 2. The first kappa shape index (κ1) is 16.6. The molecule has 5 nitrogen and oxygen atoms in total. The Balaban J connectivity index is 3.51. The summed E-state index contributed by atoms with van der Waals surface area (Å²) >= 11 is 6.20. The van der Waals surface area contributed by atoms with E-state index in [1.807, 2.05) is 0 Å². The van der Waals surface area contributed by atoms with E-state index in [2.05, 4.69) is 0 Å². The molecule has 1 atom stereocenters. The number of carbonyl (C=O) groups is 1. The molecule has 1 aromatic rings. The predicted octanol–water partition coefficient (Wildman–Crippen LogP) is 2.57. The lowest BCUT2D eigenvalue weighted by atomic mass is 9.97. The van der Waals surface area contributed by atoms with Crippen molar-refractivity contribution in [2.45, 2.75) is 26.9 Å². The van der Waals surface area contributed by atoms with Crippen molar-refractivity contribution >= 4 is 17.6 Å². The maximum atomic E-state index is 11.8. The van der Waals surface area contributed by atoms with E-state index in [1.165, 1.54) is 14.2 Å². The summed E-state index contributed by atoms with van der Waals surface area (Å²) in [6.45, 7) is 5.28. The lowest BCUT2D eigenvalue weighted by molar-refractivity contribution is -0.153. The van der Waals surface area contributed by atoms with Crippen molar-refractivity contribution in [3.8, 4) is 11.5 Å². The van der Waals surface area contributed by atoms with Crippen LogP contribution in [-0.4, -0.2) is 31.9 Å². The molecule has 0 heterocycles. The van der Waals surface area contributed by atoms with Gasteiger partial charge in [-0.1, -0.05) is 11.6 Å². The second kappa shape index (κ2) is 6.81. The maximum absolute atomic E-state index is 11.8.